The third-order valence-electron chi connectivity index (χ3n) is 5.86. The van der Waals surface area contributed by atoms with Crippen molar-refractivity contribution >= 4 is 29.9 Å². The van der Waals surface area contributed by atoms with Crippen LogP contribution < -0.4 is 23.7 Å². The Labute approximate surface area is 217 Å². The van der Waals surface area contributed by atoms with Gasteiger partial charge in [0.15, 0.2) is 9.84 Å². The van der Waals surface area contributed by atoms with Crippen LogP contribution in [0.25, 0.3) is 0 Å². The van der Waals surface area contributed by atoms with E-state index < -0.39 is 35.9 Å². The summed E-state index contributed by atoms with van der Waals surface area (Å²) in [6.45, 7) is -0.652. The van der Waals surface area contributed by atoms with Crippen LogP contribution in [0.1, 0.15) is 6.42 Å². The summed E-state index contributed by atoms with van der Waals surface area (Å²) >= 11 is 0. The van der Waals surface area contributed by atoms with Gasteiger partial charge in [0.05, 0.1) is 39.9 Å². The first-order chi connectivity index (χ1) is 17.4. The number of methoxy groups -OCH3 is 4. The third-order valence-corrected chi connectivity index (χ3v) is 11.1. The second-order valence-electron chi connectivity index (χ2n) is 8.10. The monoisotopic (exact) mass is 578 g/mol. The number of ether oxygens (including phenoxy) is 4. The Kier molecular flexibility index (Phi) is 8.95. The smallest absolute Gasteiger partial charge is 0.247 e. The van der Waals surface area contributed by atoms with Crippen LogP contribution in [-0.2, 0) is 29.9 Å². The van der Waals surface area contributed by atoms with Gasteiger partial charge in [-0.15, -0.1) is 0 Å². The maximum absolute atomic E-state index is 13.7. The lowest BCUT2D eigenvalue weighted by molar-refractivity contribution is 0.338. The Hall–Kier alpha value is -2.59. The van der Waals surface area contributed by atoms with Gasteiger partial charge in [0.25, 0.3) is 0 Å². The number of nitrogens with one attached hydrogen (secondary N) is 1. The van der Waals surface area contributed by atoms with Crippen molar-refractivity contribution in [3.05, 3.63) is 36.4 Å². The molecule has 1 heterocycles. The predicted molar refractivity (Wildman–Crippen MR) is 135 cm³/mol. The van der Waals surface area contributed by atoms with Gasteiger partial charge in [-0.05, 0) is 30.7 Å². The highest BCUT2D eigenvalue weighted by Gasteiger charge is 2.40. The van der Waals surface area contributed by atoms with E-state index in [2.05, 4.69) is 4.72 Å². The molecular weight excluding hydrogens is 548 g/mol. The summed E-state index contributed by atoms with van der Waals surface area (Å²) in [5.74, 6) is 0.271. The SMILES string of the molecule is COc1ccc(S(=O)(=O)NCCN([C@@H]2CCS(=O)(=O)C2)S(=O)(=O)c2ccc(OC)cc2OC)c(OC)c1. The topological polar surface area (TPSA) is 155 Å². The molecule has 0 amide bonds. The van der Waals surface area contributed by atoms with E-state index in [9.17, 15) is 25.3 Å². The molecule has 3 rings (SSSR count). The molecule has 2 aromatic carbocycles. The molecule has 1 fully saturated rings. The fourth-order valence-electron chi connectivity index (χ4n) is 3.98. The highest BCUT2D eigenvalue weighted by molar-refractivity contribution is 7.92. The van der Waals surface area contributed by atoms with Gasteiger partial charge in [0.1, 0.15) is 32.8 Å². The molecule has 0 spiro atoms. The van der Waals surface area contributed by atoms with Gasteiger partial charge in [-0.2, -0.15) is 4.31 Å². The highest BCUT2D eigenvalue weighted by atomic mass is 32.2. The first-order valence-corrected chi connectivity index (χ1v) is 15.8. The largest absolute Gasteiger partial charge is 0.497 e. The molecule has 0 radical (unpaired) electrons. The Morgan fingerprint density at radius 2 is 1.41 bits per heavy atom. The Balaban J connectivity index is 1.91. The summed E-state index contributed by atoms with van der Waals surface area (Å²) in [5.41, 5.74) is 0. The number of hydrogen-bond acceptors (Lipinski definition) is 10. The Morgan fingerprint density at radius 1 is 0.865 bits per heavy atom. The Morgan fingerprint density at radius 3 is 1.89 bits per heavy atom. The van der Waals surface area contributed by atoms with Crippen molar-refractivity contribution in [3.63, 3.8) is 0 Å². The van der Waals surface area contributed by atoms with Crippen LogP contribution in [0, 0.1) is 0 Å². The number of nitrogens with zero attached hydrogens (tertiary/aromatic N) is 1. The number of rotatable bonds is 12. The molecule has 0 aliphatic carbocycles. The maximum Gasteiger partial charge on any atom is 0.247 e. The highest BCUT2D eigenvalue weighted by Crippen LogP contribution is 2.33. The van der Waals surface area contributed by atoms with Gasteiger partial charge in [-0.1, -0.05) is 0 Å². The molecule has 2 aromatic rings. The third kappa shape index (κ3) is 6.46. The first kappa shape index (κ1) is 29.0. The molecule has 0 aromatic heterocycles. The minimum Gasteiger partial charge on any atom is -0.497 e. The summed E-state index contributed by atoms with van der Waals surface area (Å²) in [6, 6.07) is 7.43. The van der Waals surface area contributed by atoms with Crippen LogP contribution in [0.5, 0.6) is 23.0 Å². The van der Waals surface area contributed by atoms with Gasteiger partial charge < -0.3 is 18.9 Å². The molecule has 12 nitrogen and oxygen atoms in total. The average Bonchev–Trinajstić information content (AvgIpc) is 3.24. The number of hydrogen-bond donors (Lipinski definition) is 1. The van der Waals surface area contributed by atoms with Crippen molar-refractivity contribution in [1.29, 1.82) is 0 Å². The zero-order valence-corrected chi connectivity index (χ0v) is 23.3. The molecule has 0 bridgehead atoms. The van der Waals surface area contributed by atoms with Crippen molar-refractivity contribution in [2.75, 3.05) is 53.0 Å². The lowest BCUT2D eigenvalue weighted by Crippen LogP contribution is -2.45. The summed E-state index contributed by atoms with van der Waals surface area (Å²) in [4.78, 5) is -0.356. The van der Waals surface area contributed by atoms with E-state index in [1.165, 1.54) is 64.8 Å². The minimum atomic E-state index is -4.29. The van der Waals surface area contributed by atoms with Gasteiger partial charge >= 0.3 is 0 Å². The normalized spacial score (nSPS) is 17.5. The Bertz CT molecular complexity index is 1440. The number of sulfone groups is 1. The lowest BCUT2D eigenvalue weighted by Gasteiger charge is -2.28. The van der Waals surface area contributed by atoms with Crippen LogP contribution >= 0.6 is 0 Å². The second-order valence-corrected chi connectivity index (χ2v) is 13.9. The summed E-state index contributed by atoms with van der Waals surface area (Å²) < 4.78 is 102. The van der Waals surface area contributed by atoms with Crippen molar-refractivity contribution in [2.45, 2.75) is 22.3 Å². The molecule has 0 unspecified atom stereocenters. The fourth-order valence-corrected chi connectivity index (χ4v) is 8.77. The molecule has 1 saturated heterocycles. The van der Waals surface area contributed by atoms with E-state index >= 15 is 0 Å². The van der Waals surface area contributed by atoms with Crippen LogP contribution in [0.2, 0.25) is 0 Å². The zero-order chi connectivity index (χ0) is 27.4. The second kappa shape index (κ2) is 11.4. The number of benzene rings is 2. The zero-order valence-electron chi connectivity index (χ0n) is 20.8. The van der Waals surface area contributed by atoms with E-state index in [-0.39, 0.29) is 52.3 Å². The number of sulfonamides is 2. The lowest BCUT2D eigenvalue weighted by atomic mass is 10.2. The van der Waals surface area contributed by atoms with Crippen molar-refractivity contribution in [2.24, 2.45) is 0 Å². The quantitative estimate of drug-likeness (QED) is 0.384. The molecule has 206 valence electrons. The first-order valence-electron chi connectivity index (χ1n) is 11.0. The molecule has 1 aliphatic heterocycles. The van der Waals surface area contributed by atoms with E-state index in [0.717, 1.165) is 4.31 Å². The van der Waals surface area contributed by atoms with E-state index in [4.69, 9.17) is 18.9 Å². The standard InChI is InChI=1S/C22H30N2O10S3/c1-31-17-5-7-21(19(13-17)33-3)36(27,28)23-10-11-24(16-9-12-35(25,26)15-16)37(29,30)22-8-6-18(32-2)14-20(22)34-4/h5-8,13-14,16,23H,9-12,15H2,1-4H3/t16-/m1/s1. The molecule has 1 atom stereocenters. The molecule has 0 saturated carbocycles. The van der Waals surface area contributed by atoms with Gasteiger partial charge in [0, 0.05) is 31.3 Å². The fraction of sp³-hybridized carbons (Fsp3) is 0.455. The van der Waals surface area contributed by atoms with E-state index in [1.54, 1.807) is 0 Å². The molecular formula is C22H30N2O10S3. The predicted octanol–water partition coefficient (Wildman–Crippen LogP) is 0.877. The minimum absolute atomic E-state index is 0.00811. The summed E-state index contributed by atoms with van der Waals surface area (Å²) in [6.07, 6.45) is 0.0824. The molecule has 37 heavy (non-hydrogen) atoms. The van der Waals surface area contributed by atoms with Gasteiger partial charge in [-0.25, -0.2) is 30.0 Å². The van der Waals surface area contributed by atoms with Gasteiger partial charge in [0.2, 0.25) is 20.0 Å². The summed E-state index contributed by atoms with van der Waals surface area (Å²) in [5, 5.41) is 0. The molecule has 1 aliphatic rings. The van der Waals surface area contributed by atoms with E-state index in [0.29, 0.717) is 11.5 Å². The molecule has 15 heteroatoms. The maximum atomic E-state index is 13.7. The van der Waals surface area contributed by atoms with Crippen molar-refractivity contribution in [1.82, 2.24) is 9.03 Å². The van der Waals surface area contributed by atoms with E-state index in [1.807, 2.05) is 0 Å². The summed E-state index contributed by atoms with van der Waals surface area (Å²) in [7, 11) is -6.40. The van der Waals surface area contributed by atoms with Crippen LogP contribution in [0.15, 0.2) is 46.2 Å². The van der Waals surface area contributed by atoms with Crippen LogP contribution in [0.4, 0.5) is 0 Å². The van der Waals surface area contributed by atoms with Crippen molar-refractivity contribution < 1.29 is 44.2 Å². The van der Waals surface area contributed by atoms with Crippen LogP contribution in [0.3, 0.4) is 0 Å². The average molecular weight is 579 g/mol. The van der Waals surface area contributed by atoms with Crippen LogP contribution in [-0.4, -0.2) is 88.6 Å². The van der Waals surface area contributed by atoms with Gasteiger partial charge in [-0.3, -0.25) is 0 Å². The van der Waals surface area contributed by atoms with Crippen molar-refractivity contribution in [3.8, 4) is 23.0 Å². The molecule has 1 N–H and O–H groups in total.